The van der Waals surface area contributed by atoms with Gasteiger partial charge in [-0.05, 0) is 18.6 Å². The van der Waals surface area contributed by atoms with E-state index in [4.69, 9.17) is 4.74 Å². The molecule has 2 aromatic rings. The first-order valence-corrected chi connectivity index (χ1v) is 4.78. The van der Waals surface area contributed by atoms with Crippen LogP contribution >= 0.6 is 0 Å². The van der Waals surface area contributed by atoms with E-state index in [1.165, 1.54) is 0 Å². The summed E-state index contributed by atoms with van der Waals surface area (Å²) in [5.74, 6) is 0.706. The van der Waals surface area contributed by atoms with Gasteiger partial charge in [-0.1, -0.05) is 0 Å². The summed E-state index contributed by atoms with van der Waals surface area (Å²) in [6.07, 6.45) is 2.90. The van der Waals surface area contributed by atoms with E-state index in [9.17, 15) is 0 Å². The first-order valence-electron chi connectivity index (χ1n) is 4.78. The lowest BCUT2D eigenvalue weighted by Crippen LogP contribution is -1.99. The Morgan fingerprint density at radius 2 is 2.43 bits per heavy atom. The van der Waals surface area contributed by atoms with E-state index in [-0.39, 0.29) is 0 Å². The van der Waals surface area contributed by atoms with Crippen molar-refractivity contribution in [1.29, 1.82) is 0 Å². The molecule has 0 amide bonds. The molecular weight excluding hydrogens is 178 g/mol. The Balaban J connectivity index is 2.19. The summed E-state index contributed by atoms with van der Waals surface area (Å²) in [7, 11) is 0. The van der Waals surface area contributed by atoms with Crippen LogP contribution in [0.5, 0.6) is 5.88 Å². The molecule has 0 fully saturated rings. The molecule has 0 aromatic carbocycles. The molecular formula is C10H11N3O. The van der Waals surface area contributed by atoms with E-state index in [0.717, 1.165) is 36.3 Å². The molecule has 3 rings (SSSR count). The number of aromatic amines is 1. The van der Waals surface area contributed by atoms with Gasteiger partial charge in [0.1, 0.15) is 5.65 Å². The normalized spacial score (nSPS) is 15.4. The number of hydrogen-bond acceptors (Lipinski definition) is 3. The predicted octanol–water partition coefficient (Wildman–Crippen LogP) is 1.76. The number of fused-ring (bicyclic) bond motifs is 2. The zero-order valence-corrected chi connectivity index (χ0v) is 7.71. The minimum atomic E-state index is 0.706. The second kappa shape index (κ2) is 2.90. The van der Waals surface area contributed by atoms with Crippen molar-refractivity contribution >= 4 is 16.7 Å². The molecule has 2 aromatic heterocycles. The maximum atomic E-state index is 5.53. The number of hydrogen-bond donors (Lipinski definition) is 2. The Hall–Kier alpha value is -1.71. The molecule has 0 aliphatic carbocycles. The van der Waals surface area contributed by atoms with Crippen LogP contribution in [0.1, 0.15) is 6.42 Å². The molecule has 4 nitrogen and oxygen atoms in total. The maximum absolute atomic E-state index is 5.53. The Morgan fingerprint density at radius 3 is 3.43 bits per heavy atom. The first-order chi connectivity index (χ1) is 6.93. The SMILES string of the molecule is c1cc2cc3c(nc2[nH]1)OCCCN3. The second-order valence-corrected chi connectivity index (χ2v) is 3.39. The molecule has 72 valence electrons. The van der Waals surface area contributed by atoms with Gasteiger partial charge in [0, 0.05) is 18.1 Å². The molecule has 0 atom stereocenters. The van der Waals surface area contributed by atoms with Gasteiger partial charge in [0.25, 0.3) is 0 Å². The van der Waals surface area contributed by atoms with Gasteiger partial charge < -0.3 is 15.0 Å². The topological polar surface area (TPSA) is 49.9 Å². The number of nitrogens with one attached hydrogen (secondary N) is 2. The van der Waals surface area contributed by atoms with Crippen LogP contribution in [0.15, 0.2) is 18.3 Å². The Morgan fingerprint density at radius 1 is 1.43 bits per heavy atom. The molecule has 1 aliphatic heterocycles. The number of ether oxygens (including phenoxy) is 1. The molecule has 14 heavy (non-hydrogen) atoms. The highest BCUT2D eigenvalue weighted by Gasteiger charge is 2.11. The number of aromatic nitrogens is 2. The van der Waals surface area contributed by atoms with Gasteiger partial charge in [0.2, 0.25) is 5.88 Å². The summed E-state index contributed by atoms with van der Waals surface area (Å²) in [5, 5.41) is 4.42. The number of H-pyrrole nitrogens is 1. The highest BCUT2D eigenvalue weighted by molar-refractivity contribution is 5.81. The van der Waals surface area contributed by atoms with Crippen LogP contribution in [-0.4, -0.2) is 23.1 Å². The molecule has 0 spiro atoms. The van der Waals surface area contributed by atoms with Gasteiger partial charge in [0.15, 0.2) is 0 Å². The third kappa shape index (κ3) is 1.11. The van der Waals surface area contributed by atoms with Crippen molar-refractivity contribution < 1.29 is 4.74 Å². The molecule has 0 unspecified atom stereocenters. The predicted molar refractivity (Wildman–Crippen MR) is 54.7 cm³/mol. The van der Waals surface area contributed by atoms with Gasteiger partial charge in [-0.3, -0.25) is 0 Å². The lowest BCUT2D eigenvalue weighted by Gasteiger charge is -2.05. The number of pyridine rings is 1. The monoisotopic (exact) mass is 189 g/mol. The zero-order valence-electron chi connectivity index (χ0n) is 7.71. The van der Waals surface area contributed by atoms with E-state index >= 15 is 0 Å². The van der Waals surface area contributed by atoms with Gasteiger partial charge in [-0.2, -0.15) is 4.98 Å². The third-order valence-electron chi connectivity index (χ3n) is 2.38. The molecule has 0 radical (unpaired) electrons. The van der Waals surface area contributed by atoms with E-state index in [2.05, 4.69) is 21.4 Å². The van der Waals surface area contributed by atoms with E-state index in [1.54, 1.807) is 0 Å². The lowest BCUT2D eigenvalue weighted by molar-refractivity contribution is 0.312. The molecule has 0 saturated carbocycles. The van der Waals surface area contributed by atoms with Crippen LogP contribution < -0.4 is 10.1 Å². The Kier molecular flexibility index (Phi) is 1.59. The smallest absolute Gasteiger partial charge is 0.239 e. The van der Waals surface area contributed by atoms with Gasteiger partial charge in [-0.15, -0.1) is 0 Å². The Bertz CT molecular complexity index is 423. The van der Waals surface area contributed by atoms with Crippen LogP contribution in [0.25, 0.3) is 11.0 Å². The number of anilines is 1. The summed E-state index contributed by atoms with van der Waals surface area (Å²) in [4.78, 5) is 7.47. The molecule has 0 bridgehead atoms. The average Bonchev–Trinajstić information content (AvgIpc) is 2.51. The standard InChI is InChI=1S/C10H11N3O/c1-3-11-8-6-7-2-4-12-9(7)13-10(8)14-5-1/h2,4,6,11H,1,3,5H2,(H,12,13). The van der Waals surface area contributed by atoms with Crippen molar-refractivity contribution in [2.24, 2.45) is 0 Å². The fourth-order valence-corrected chi connectivity index (χ4v) is 1.67. The van der Waals surface area contributed by atoms with E-state index in [1.807, 2.05) is 12.3 Å². The van der Waals surface area contributed by atoms with Crippen molar-refractivity contribution in [3.63, 3.8) is 0 Å². The largest absolute Gasteiger partial charge is 0.476 e. The van der Waals surface area contributed by atoms with Crippen molar-refractivity contribution in [3.05, 3.63) is 18.3 Å². The number of nitrogens with zero attached hydrogens (tertiary/aromatic N) is 1. The van der Waals surface area contributed by atoms with Gasteiger partial charge >= 0.3 is 0 Å². The van der Waals surface area contributed by atoms with Crippen molar-refractivity contribution in [2.45, 2.75) is 6.42 Å². The Labute approximate surface area is 81.3 Å². The zero-order chi connectivity index (χ0) is 9.38. The van der Waals surface area contributed by atoms with Crippen molar-refractivity contribution in [2.75, 3.05) is 18.5 Å². The second-order valence-electron chi connectivity index (χ2n) is 3.39. The summed E-state index contributed by atoms with van der Waals surface area (Å²) >= 11 is 0. The molecule has 2 N–H and O–H groups in total. The van der Waals surface area contributed by atoms with Crippen LogP contribution in [-0.2, 0) is 0 Å². The summed E-state index contributed by atoms with van der Waals surface area (Å²) in [5.41, 5.74) is 1.88. The van der Waals surface area contributed by atoms with Crippen molar-refractivity contribution in [1.82, 2.24) is 9.97 Å². The van der Waals surface area contributed by atoms with Crippen LogP contribution in [0, 0.1) is 0 Å². The fraction of sp³-hybridized carbons (Fsp3) is 0.300. The first kappa shape index (κ1) is 7.67. The van der Waals surface area contributed by atoms with Crippen LogP contribution in [0.2, 0.25) is 0 Å². The third-order valence-corrected chi connectivity index (χ3v) is 2.38. The quantitative estimate of drug-likeness (QED) is 0.663. The molecule has 3 heterocycles. The highest BCUT2D eigenvalue weighted by atomic mass is 16.5. The fourth-order valence-electron chi connectivity index (χ4n) is 1.67. The minimum absolute atomic E-state index is 0.706. The van der Waals surface area contributed by atoms with Crippen LogP contribution in [0.4, 0.5) is 5.69 Å². The van der Waals surface area contributed by atoms with E-state index < -0.39 is 0 Å². The lowest BCUT2D eigenvalue weighted by atomic mass is 10.3. The summed E-state index contributed by atoms with van der Waals surface area (Å²) < 4.78 is 5.53. The van der Waals surface area contributed by atoms with Gasteiger partial charge in [0.05, 0.1) is 12.3 Å². The summed E-state index contributed by atoms with van der Waals surface area (Å²) in [6.45, 7) is 1.68. The molecule has 4 heteroatoms. The maximum Gasteiger partial charge on any atom is 0.239 e. The van der Waals surface area contributed by atoms with E-state index in [0.29, 0.717) is 5.88 Å². The highest BCUT2D eigenvalue weighted by Crippen LogP contribution is 2.27. The molecule has 0 saturated heterocycles. The molecule has 1 aliphatic rings. The van der Waals surface area contributed by atoms with Gasteiger partial charge in [-0.25, -0.2) is 0 Å². The van der Waals surface area contributed by atoms with Crippen molar-refractivity contribution in [3.8, 4) is 5.88 Å². The van der Waals surface area contributed by atoms with Crippen LogP contribution in [0.3, 0.4) is 0 Å². The number of rotatable bonds is 0. The minimum Gasteiger partial charge on any atom is -0.476 e. The average molecular weight is 189 g/mol. The summed E-state index contributed by atoms with van der Waals surface area (Å²) in [6, 6.07) is 4.08.